The van der Waals surface area contributed by atoms with E-state index in [0.29, 0.717) is 135 Å². The molecule has 6 heterocycles. The summed E-state index contributed by atoms with van der Waals surface area (Å²) >= 11 is 0. The van der Waals surface area contributed by atoms with Gasteiger partial charge in [-0.1, -0.05) is 33.1 Å². The van der Waals surface area contributed by atoms with Crippen molar-refractivity contribution in [3.63, 3.8) is 0 Å². The predicted octanol–water partition coefficient (Wildman–Crippen LogP) is 2.01. The van der Waals surface area contributed by atoms with Crippen LogP contribution in [0.1, 0.15) is 229 Å². The first-order valence-electron chi connectivity index (χ1n) is 50.5. The van der Waals surface area contributed by atoms with Gasteiger partial charge in [0, 0.05) is 155 Å². The smallest absolute Gasteiger partial charge is 0.394 e. The standard InChI is InChI=1S/C89H164N9O44P5/c1-62-66(54-99)140-83(75(78(62)111)93-63(2)102)126-45-21-15-24-69(105)90-36-18-9-12-27-72(108)96-39-30-87(8,31-40-96)57-135-143(116,117)131-50-51-132-145(120,121)138-60-89(34-43-98(44-35-89)74(110)29-14-11-20-38-92-71(107)26-17-23-47-128-85-77(95-65(4)104)82(115)80(113)68(56-101)142-85)61-139-147(124,125)134-53-52-133-146(122,123)137-59-88(58-136-144(118,119)130-49-48-129-86(5,6)7)32-41-97(42-33-88)73(109)28-13-10-19-37-91-70(106)25-16-22-46-127-84-76(94-64(3)103)81(114)79(112)67(55-100)141-84/h62,66-68,75-85,99-101,111-115H,9-61H2,1-8H3,(H,90,105)(H,91,106)(H,92,107)(H,93,102)(H,94,103)(H,95,104)(H,116,117)(H,118,119)(H,120,121)(H,122,123)(H,124,125)/t62-,66+,67+,68+,75+,76+,77+,78-,79-,80-,81+,82+,83+,84+,85+/m0/s1. The first-order chi connectivity index (χ1) is 69.3. The SMILES string of the molecule is CC(=O)N[C@H]1[C@H](OCCCCC(=O)NCCCCCC(=O)N2CCC(C)(COP(=O)(O)OCCOP(=O)(O)OCC3(COP(=O)(O)OCCOP(=O)(O)OCC4(COP(=O)(O)OCCOC(C)(C)C)CCN(C(=O)CCCCCNC(=O)CCCCO[C@@H]5O[C@H](CO)[C@H](O)[C@H](O)[C@H]5NC(C)=O)CC4)CCN(C(=O)CCCCCNC(=O)CCCCO[C@@H]4O[C@H](CO)[C@H](O)[C@H](O)[C@H]4NC(C)=O)CC3)CC2)O[C@H](CO)[C@H](C)[C@@H]1O. The zero-order chi connectivity index (χ0) is 109. The van der Waals surface area contributed by atoms with Crippen LogP contribution in [0.4, 0.5) is 0 Å². The number of amides is 9. The average molecular weight is 2220 g/mol. The molecule has 147 heavy (non-hydrogen) atoms. The van der Waals surface area contributed by atoms with Crippen molar-refractivity contribution in [2.45, 2.75) is 320 Å². The van der Waals surface area contributed by atoms with Gasteiger partial charge >= 0.3 is 39.1 Å². The minimum atomic E-state index is -5.20. The zero-order valence-electron chi connectivity index (χ0n) is 85.7. The van der Waals surface area contributed by atoms with E-state index >= 15 is 0 Å². The third-order valence-corrected chi connectivity index (χ3v) is 30.8. The van der Waals surface area contributed by atoms with E-state index in [1.165, 1.54) is 25.7 Å². The van der Waals surface area contributed by atoms with Gasteiger partial charge in [-0.2, -0.15) is 0 Å². The summed E-state index contributed by atoms with van der Waals surface area (Å²) in [5, 5.41) is 97.3. The van der Waals surface area contributed by atoms with Gasteiger partial charge in [-0.25, -0.2) is 22.8 Å². The third kappa shape index (κ3) is 49.9. The highest BCUT2D eigenvalue weighted by Gasteiger charge is 2.50. The highest BCUT2D eigenvalue weighted by Crippen LogP contribution is 2.54. The second kappa shape index (κ2) is 65.3. The lowest BCUT2D eigenvalue weighted by molar-refractivity contribution is -0.270. The number of hydrogen-bond donors (Lipinski definition) is 19. The molecule has 6 aliphatic heterocycles. The molecule has 58 heteroatoms. The van der Waals surface area contributed by atoms with Crippen LogP contribution >= 0.6 is 39.1 Å². The van der Waals surface area contributed by atoms with Gasteiger partial charge in [-0.3, -0.25) is 88.4 Å². The molecule has 9 amide bonds. The molecule has 0 aromatic rings. The Morgan fingerprint density at radius 1 is 0.340 bits per heavy atom. The summed E-state index contributed by atoms with van der Waals surface area (Å²) in [4.78, 5) is 173. The number of carbonyl (C=O) groups excluding carboxylic acids is 9. The molecule has 19 N–H and O–H groups in total. The second-order valence-corrected chi connectivity index (χ2v) is 46.7. The second-order valence-electron chi connectivity index (χ2n) is 39.4. The number of rotatable bonds is 71. The topological polar surface area (TPSA) is 741 Å². The van der Waals surface area contributed by atoms with E-state index in [-0.39, 0.29) is 185 Å². The number of carbonyl (C=O) groups is 9. The molecule has 5 unspecified atom stereocenters. The molecule has 6 fully saturated rings. The van der Waals surface area contributed by atoms with Crippen LogP contribution in [-0.4, -0.2) is 396 Å². The molecular weight excluding hydrogens is 2050 g/mol. The third-order valence-electron chi connectivity index (χ3n) is 26.0. The van der Waals surface area contributed by atoms with Crippen molar-refractivity contribution in [3.8, 4) is 0 Å². The van der Waals surface area contributed by atoms with Gasteiger partial charge < -0.3 is 145 Å². The van der Waals surface area contributed by atoms with Crippen molar-refractivity contribution in [3.05, 3.63) is 0 Å². The summed E-state index contributed by atoms with van der Waals surface area (Å²) in [5.74, 6) is -3.10. The molecule has 0 aromatic carbocycles. The maximum absolute atomic E-state index is 13.7. The first-order valence-corrected chi connectivity index (χ1v) is 58.0. The lowest BCUT2D eigenvalue weighted by atomic mass is 9.80. The van der Waals surface area contributed by atoms with Gasteiger partial charge in [-0.05, 0) is 142 Å². The highest BCUT2D eigenvalue weighted by molar-refractivity contribution is 7.48. The molecule has 0 radical (unpaired) electrons. The van der Waals surface area contributed by atoms with E-state index in [1.807, 2.05) is 6.92 Å². The van der Waals surface area contributed by atoms with E-state index in [9.17, 15) is 131 Å². The van der Waals surface area contributed by atoms with Crippen LogP contribution < -0.4 is 31.9 Å². The number of phosphoric acid groups is 5. The van der Waals surface area contributed by atoms with Crippen LogP contribution in [0.3, 0.4) is 0 Å². The summed E-state index contributed by atoms with van der Waals surface area (Å²) in [7, 11) is -25.1. The van der Waals surface area contributed by atoms with Gasteiger partial charge in [0.2, 0.25) is 53.2 Å². The summed E-state index contributed by atoms with van der Waals surface area (Å²) in [6.45, 7) is 6.18. The number of hydrogen-bond acceptors (Lipinski definition) is 39. The maximum atomic E-state index is 13.7. The molecule has 854 valence electrons. The Morgan fingerprint density at radius 2 is 0.605 bits per heavy atom. The molecule has 6 aliphatic rings. The van der Waals surface area contributed by atoms with Crippen molar-refractivity contribution >= 4 is 92.3 Å². The van der Waals surface area contributed by atoms with Crippen LogP contribution in [0, 0.1) is 22.2 Å². The Balaban J connectivity index is 0.942. The average Bonchev–Trinajstić information content (AvgIpc) is 0.860. The molecule has 0 bridgehead atoms. The molecule has 6 rings (SSSR count). The molecule has 53 nitrogen and oxygen atoms in total. The molecule has 6 saturated heterocycles. The fraction of sp³-hybridized carbons (Fsp3) is 0.899. The molecular formula is C89H164N9O44P5. The predicted molar refractivity (Wildman–Crippen MR) is 518 cm³/mol. The molecule has 20 atom stereocenters. The number of nitrogens with one attached hydrogen (secondary N) is 6. The number of unbranched alkanes of at least 4 members (excludes halogenated alkanes) is 9. The van der Waals surface area contributed by atoms with Crippen molar-refractivity contribution in [1.82, 2.24) is 46.6 Å². The Bertz CT molecular complexity index is 4230. The van der Waals surface area contributed by atoms with Gasteiger partial charge in [-0.15, -0.1) is 0 Å². The van der Waals surface area contributed by atoms with Crippen molar-refractivity contribution in [2.75, 3.05) is 171 Å². The molecule has 0 aromatic heterocycles. The first kappa shape index (κ1) is 131. The lowest BCUT2D eigenvalue weighted by Crippen LogP contribution is -2.64. The van der Waals surface area contributed by atoms with E-state index in [2.05, 4.69) is 31.9 Å². The summed E-state index contributed by atoms with van der Waals surface area (Å²) in [5.41, 5.74) is -4.06. The minimum Gasteiger partial charge on any atom is -0.394 e. The van der Waals surface area contributed by atoms with Crippen LogP contribution in [0.2, 0.25) is 0 Å². The van der Waals surface area contributed by atoms with Gasteiger partial charge in [0.25, 0.3) is 0 Å². The number of ether oxygens (including phenoxy) is 7. The normalized spacial score (nSPS) is 26.3. The Labute approximate surface area is 858 Å². The summed E-state index contributed by atoms with van der Waals surface area (Å²) < 4.78 is 159. The fourth-order valence-corrected chi connectivity index (χ4v) is 21.1. The summed E-state index contributed by atoms with van der Waals surface area (Å²) in [6, 6.07) is -3.06. The maximum Gasteiger partial charge on any atom is 0.472 e. The van der Waals surface area contributed by atoms with E-state index in [0.717, 1.165) is 0 Å². The van der Waals surface area contributed by atoms with Crippen molar-refractivity contribution in [1.29, 1.82) is 0 Å². The van der Waals surface area contributed by atoms with Gasteiger partial charge in [0.05, 0.1) is 110 Å². The van der Waals surface area contributed by atoms with Crippen LogP contribution in [0.25, 0.3) is 0 Å². The lowest BCUT2D eigenvalue weighted by Gasteiger charge is -2.43. The number of aliphatic hydroxyl groups excluding tert-OH is 8. The fourth-order valence-electron chi connectivity index (χ4n) is 16.9. The van der Waals surface area contributed by atoms with E-state index in [4.69, 9.17) is 78.4 Å². The molecule has 0 spiro atoms. The number of phosphoric ester groups is 5. The zero-order valence-corrected chi connectivity index (χ0v) is 90.2. The van der Waals surface area contributed by atoms with Gasteiger partial charge in [0.15, 0.2) is 18.9 Å². The quantitative estimate of drug-likeness (QED) is 0.0306. The summed E-state index contributed by atoms with van der Waals surface area (Å²) in [6.07, 6.45) is -4.31. The molecule has 0 aliphatic carbocycles. The van der Waals surface area contributed by atoms with E-state index in [1.54, 1.807) is 37.5 Å². The highest BCUT2D eigenvalue weighted by atomic mass is 31.2. The van der Waals surface area contributed by atoms with Crippen LogP contribution in [0.15, 0.2) is 0 Å². The Hall–Kier alpha value is -4.82. The Morgan fingerprint density at radius 3 is 0.891 bits per heavy atom. The largest absolute Gasteiger partial charge is 0.472 e. The van der Waals surface area contributed by atoms with Crippen molar-refractivity contribution < 1.29 is 210 Å². The van der Waals surface area contributed by atoms with Crippen molar-refractivity contribution in [2.24, 2.45) is 22.2 Å². The number of likely N-dealkylation sites (tertiary alicyclic amines) is 3. The number of nitrogens with zero attached hydrogens (tertiary/aromatic N) is 3. The number of aliphatic hydroxyl groups is 8. The van der Waals surface area contributed by atoms with Crippen LogP contribution in [0.5, 0.6) is 0 Å². The van der Waals surface area contributed by atoms with Gasteiger partial charge in [0.1, 0.15) is 54.7 Å². The molecule has 0 saturated carbocycles. The monoisotopic (exact) mass is 2220 g/mol. The minimum absolute atomic E-state index is 0.00419. The Kier molecular flexibility index (Phi) is 58.1. The van der Waals surface area contributed by atoms with Crippen LogP contribution in [-0.2, 0) is 144 Å². The van der Waals surface area contributed by atoms with E-state index < -0.39 is 231 Å². The number of piperidine rings is 3.